The van der Waals surface area contributed by atoms with Gasteiger partial charge in [-0.3, -0.25) is 9.88 Å². The SMILES string of the molecule is Cc1cccc(Cl)c1CN1C[C@@H](Cc2ccncc2)[C@H](O)C1. The Morgan fingerprint density at radius 1 is 1.23 bits per heavy atom. The quantitative estimate of drug-likeness (QED) is 0.941. The molecule has 116 valence electrons. The number of aliphatic hydroxyl groups excluding tert-OH is 1. The minimum atomic E-state index is -0.282. The van der Waals surface area contributed by atoms with Crippen molar-refractivity contribution in [1.29, 1.82) is 0 Å². The van der Waals surface area contributed by atoms with Crippen molar-refractivity contribution in [3.05, 3.63) is 64.4 Å². The lowest BCUT2D eigenvalue weighted by atomic mass is 9.97. The highest BCUT2D eigenvalue weighted by molar-refractivity contribution is 6.31. The number of aryl methyl sites for hydroxylation is 1. The van der Waals surface area contributed by atoms with Crippen molar-refractivity contribution < 1.29 is 5.11 Å². The van der Waals surface area contributed by atoms with Gasteiger partial charge in [0.25, 0.3) is 0 Å². The number of aliphatic hydroxyl groups is 1. The third-order valence-corrected chi connectivity index (χ3v) is 4.82. The molecule has 1 aromatic heterocycles. The summed E-state index contributed by atoms with van der Waals surface area (Å²) in [4.78, 5) is 6.34. The Morgan fingerprint density at radius 2 is 2.00 bits per heavy atom. The van der Waals surface area contributed by atoms with Crippen LogP contribution in [0, 0.1) is 12.8 Å². The smallest absolute Gasteiger partial charge is 0.0710 e. The lowest BCUT2D eigenvalue weighted by molar-refractivity contribution is 0.141. The molecule has 0 bridgehead atoms. The number of β-amino-alcohol motifs (C(OH)–C–C–N with tert-alkyl or cyclic N) is 1. The second-order valence-electron chi connectivity index (χ2n) is 6.12. The Labute approximate surface area is 136 Å². The van der Waals surface area contributed by atoms with E-state index in [9.17, 15) is 5.11 Å². The van der Waals surface area contributed by atoms with E-state index in [1.807, 2.05) is 36.7 Å². The first-order valence-electron chi connectivity index (χ1n) is 7.67. The Hall–Kier alpha value is -1.42. The number of benzene rings is 1. The zero-order chi connectivity index (χ0) is 15.5. The summed E-state index contributed by atoms with van der Waals surface area (Å²) in [6.45, 7) is 4.49. The average molecular weight is 317 g/mol. The van der Waals surface area contributed by atoms with Crippen molar-refractivity contribution >= 4 is 11.6 Å². The standard InChI is InChI=1S/C18H21ClN2O/c1-13-3-2-4-17(19)16(13)11-21-10-15(18(22)12-21)9-14-5-7-20-8-6-14/h2-8,15,18,22H,9-12H2,1H3/t15-,18-/m1/s1. The van der Waals surface area contributed by atoms with Gasteiger partial charge in [-0.05, 0) is 48.2 Å². The van der Waals surface area contributed by atoms with Crippen LogP contribution in [0.4, 0.5) is 0 Å². The number of nitrogens with zero attached hydrogens (tertiary/aromatic N) is 2. The van der Waals surface area contributed by atoms with Gasteiger partial charge in [0.05, 0.1) is 6.10 Å². The van der Waals surface area contributed by atoms with Crippen LogP contribution in [0.1, 0.15) is 16.7 Å². The van der Waals surface area contributed by atoms with Gasteiger partial charge in [-0.15, -0.1) is 0 Å². The minimum absolute atomic E-state index is 0.269. The molecular formula is C18H21ClN2O. The number of aromatic nitrogens is 1. The molecule has 3 nitrogen and oxygen atoms in total. The van der Waals surface area contributed by atoms with Crippen molar-refractivity contribution in [2.45, 2.75) is 26.0 Å². The molecule has 1 aromatic carbocycles. The van der Waals surface area contributed by atoms with Crippen molar-refractivity contribution in [1.82, 2.24) is 9.88 Å². The maximum absolute atomic E-state index is 10.3. The molecule has 1 aliphatic heterocycles. The van der Waals surface area contributed by atoms with Crippen molar-refractivity contribution in [2.75, 3.05) is 13.1 Å². The fourth-order valence-electron chi connectivity index (χ4n) is 3.18. The molecule has 1 N–H and O–H groups in total. The van der Waals surface area contributed by atoms with Crippen LogP contribution in [-0.4, -0.2) is 34.2 Å². The fourth-order valence-corrected chi connectivity index (χ4v) is 3.46. The van der Waals surface area contributed by atoms with Crippen LogP contribution < -0.4 is 0 Å². The summed E-state index contributed by atoms with van der Waals surface area (Å²) in [5.41, 5.74) is 3.61. The molecule has 2 heterocycles. The van der Waals surface area contributed by atoms with Crippen molar-refractivity contribution in [3.8, 4) is 0 Å². The number of rotatable bonds is 4. The van der Waals surface area contributed by atoms with E-state index in [4.69, 9.17) is 11.6 Å². The molecule has 1 aliphatic rings. The van der Waals surface area contributed by atoms with Crippen LogP contribution in [-0.2, 0) is 13.0 Å². The van der Waals surface area contributed by atoms with E-state index >= 15 is 0 Å². The number of halogens is 1. The van der Waals surface area contributed by atoms with Crippen molar-refractivity contribution in [2.24, 2.45) is 5.92 Å². The Bertz CT molecular complexity index is 612. The van der Waals surface area contributed by atoms with Crippen LogP contribution in [0.3, 0.4) is 0 Å². The largest absolute Gasteiger partial charge is 0.391 e. The van der Waals surface area contributed by atoms with E-state index in [1.165, 1.54) is 16.7 Å². The molecule has 0 aliphatic carbocycles. The van der Waals surface area contributed by atoms with E-state index in [0.29, 0.717) is 6.54 Å². The molecule has 0 unspecified atom stereocenters. The van der Waals surface area contributed by atoms with Crippen LogP contribution in [0.25, 0.3) is 0 Å². The number of hydrogen-bond acceptors (Lipinski definition) is 3. The molecular weight excluding hydrogens is 296 g/mol. The number of likely N-dealkylation sites (tertiary alicyclic amines) is 1. The van der Waals surface area contributed by atoms with Crippen LogP contribution in [0.15, 0.2) is 42.7 Å². The molecule has 3 rings (SSSR count). The monoisotopic (exact) mass is 316 g/mol. The Morgan fingerprint density at radius 3 is 2.73 bits per heavy atom. The highest BCUT2D eigenvalue weighted by Crippen LogP contribution is 2.26. The minimum Gasteiger partial charge on any atom is -0.391 e. The summed E-state index contributed by atoms with van der Waals surface area (Å²) in [5, 5.41) is 11.2. The predicted octanol–water partition coefficient (Wildman–Crippen LogP) is 3.08. The Balaban J connectivity index is 1.66. The molecule has 22 heavy (non-hydrogen) atoms. The summed E-state index contributed by atoms with van der Waals surface area (Å²) in [7, 11) is 0. The van der Waals surface area contributed by atoms with Gasteiger partial charge in [-0.2, -0.15) is 0 Å². The van der Waals surface area contributed by atoms with Crippen molar-refractivity contribution in [3.63, 3.8) is 0 Å². The molecule has 1 fully saturated rings. The third-order valence-electron chi connectivity index (χ3n) is 4.46. The molecule has 0 spiro atoms. The fraction of sp³-hybridized carbons (Fsp3) is 0.389. The first-order chi connectivity index (χ1) is 10.6. The van der Waals surface area contributed by atoms with E-state index in [1.54, 1.807) is 0 Å². The topological polar surface area (TPSA) is 36.4 Å². The Kier molecular flexibility index (Phi) is 4.77. The zero-order valence-electron chi connectivity index (χ0n) is 12.7. The van der Waals surface area contributed by atoms with Gasteiger partial charge in [-0.25, -0.2) is 0 Å². The van der Waals surface area contributed by atoms with Crippen LogP contribution in [0.5, 0.6) is 0 Å². The molecule has 0 saturated carbocycles. The second-order valence-corrected chi connectivity index (χ2v) is 6.52. The first kappa shape index (κ1) is 15.5. The average Bonchev–Trinajstić information content (AvgIpc) is 2.84. The van der Waals surface area contributed by atoms with E-state index in [-0.39, 0.29) is 12.0 Å². The highest BCUT2D eigenvalue weighted by atomic mass is 35.5. The first-order valence-corrected chi connectivity index (χ1v) is 8.04. The normalized spacial score (nSPS) is 22.1. The summed E-state index contributed by atoms with van der Waals surface area (Å²) in [6, 6.07) is 10.0. The predicted molar refractivity (Wildman–Crippen MR) is 88.9 cm³/mol. The summed E-state index contributed by atoms with van der Waals surface area (Å²) >= 11 is 6.31. The maximum Gasteiger partial charge on any atom is 0.0710 e. The van der Waals surface area contributed by atoms with Gasteiger partial charge >= 0.3 is 0 Å². The molecule has 2 aromatic rings. The summed E-state index contributed by atoms with van der Waals surface area (Å²) in [5.74, 6) is 0.269. The van der Waals surface area contributed by atoms with Gasteiger partial charge in [-0.1, -0.05) is 23.7 Å². The van der Waals surface area contributed by atoms with Gasteiger partial charge in [0.15, 0.2) is 0 Å². The molecule has 0 amide bonds. The molecule has 4 heteroatoms. The number of pyridine rings is 1. The molecule has 1 saturated heterocycles. The van der Waals surface area contributed by atoms with Crippen LogP contribution in [0.2, 0.25) is 5.02 Å². The highest BCUT2D eigenvalue weighted by Gasteiger charge is 2.31. The molecule has 2 atom stereocenters. The van der Waals surface area contributed by atoms with Gasteiger partial charge in [0.2, 0.25) is 0 Å². The van der Waals surface area contributed by atoms with Gasteiger partial charge < -0.3 is 5.11 Å². The van der Waals surface area contributed by atoms with E-state index in [2.05, 4.69) is 22.9 Å². The van der Waals surface area contributed by atoms with Gasteiger partial charge in [0.1, 0.15) is 0 Å². The zero-order valence-corrected chi connectivity index (χ0v) is 13.5. The second kappa shape index (κ2) is 6.78. The lowest BCUT2D eigenvalue weighted by Gasteiger charge is -2.18. The summed E-state index contributed by atoms with van der Waals surface area (Å²) in [6.07, 6.45) is 4.22. The van der Waals surface area contributed by atoms with E-state index in [0.717, 1.165) is 24.5 Å². The van der Waals surface area contributed by atoms with Crippen LogP contribution >= 0.6 is 11.6 Å². The summed E-state index contributed by atoms with van der Waals surface area (Å²) < 4.78 is 0. The van der Waals surface area contributed by atoms with E-state index < -0.39 is 0 Å². The number of hydrogen-bond donors (Lipinski definition) is 1. The molecule has 0 radical (unpaired) electrons. The maximum atomic E-state index is 10.3. The van der Waals surface area contributed by atoms with Gasteiger partial charge in [0, 0.05) is 43.0 Å². The lowest BCUT2D eigenvalue weighted by Crippen LogP contribution is -2.22. The third kappa shape index (κ3) is 3.49.